The van der Waals surface area contributed by atoms with Gasteiger partial charge in [-0.05, 0) is 36.6 Å². The van der Waals surface area contributed by atoms with E-state index in [1.807, 2.05) is 47.1 Å². The summed E-state index contributed by atoms with van der Waals surface area (Å²) >= 11 is 0. The van der Waals surface area contributed by atoms with Crippen molar-refractivity contribution in [2.24, 2.45) is 0 Å². The monoisotopic (exact) mass is 481 g/mol. The highest BCUT2D eigenvalue weighted by atomic mass is 16.2. The minimum Gasteiger partial charge on any atom is -0.383 e. The van der Waals surface area contributed by atoms with Gasteiger partial charge in [-0.2, -0.15) is 5.10 Å². The van der Waals surface area contributed by atoms with E-state index in [-0.39, 0.29) is 17.9 Å². The molecule has 1 fully saturated rings. The van der Waals surface area contributed by atoms with E-state index >= 15 is 0 Å². The van der Waals surface area contributed by atoms with Crippen LogP contribution in [0.3, 0.4) is 0 Å². The Morgan fingerprint density at radius 2 is 1.89 bits per heavy atom. The SMILES string of the molecule is C=CC(=O)N1CCC[C@@H](n2nc(-c3ccc(CNC(=O)c4ccccc4)cc3)c3c(N)ncnc32)C1. The third-order valence-electron chi connectivity index (χ3n) is 6.46. The van der Waals surface area contributed by atoms with Crippen LogP contribution >= 0.6 is 0 Å². The standard InChI is InChI=1S/C27H27N7O2/c1-2-22(35)33-14-6-9-21(16-33)34-26-23(25(28)30-17-31-26)24(32-34)19-12-10-18(11-13-19)15-29-27(36)20-7-4-3-5-8-20/h2-5,7-8,10-13,17,21H,1,6,9,14-16H2,(H,29,36)(H2,28,30,31)/t21-/m1/s1. The molecule has 1 atom stereocenters. The maximum Gasteiger partial charge on any atom is 0.251 e. The molecule has 3 N–H and O–H groups in total. The van der Waals surface area contributed by atoms with E-state index in [1.54, 1.807) is 17.0 Å². The largest absolute Gasteiger partial charge is 0.383 e. The highest BCUT2D eigenvalue weighted by Crippen LogP contribution is 2.33. The second-order valence-electron chi connectivity index (χ2n) is 8.78. The number of carbonyl (C=O) groups excluding carboxylic acids is 2. The molecule has 182 valence electrons. The summed E-state index contributed by atoms with van der Waals surface area (Å²) in [5.74, 6) is 0.154. The summed E-state index contributed by atoms with van der Waals surface area (Å²) in [6, 6.07) is 16.9. The van der Waals surface area contributed by atoms with Crippen molar-refractivity contribution in [2.75, 3.05) is 18.8 Å². The number of nitrogens with two attached hydrogens (primary N) is 1. The fourth-order valence-corrected chi connectivity index (χ4v) is 4.59. The van der Waals surface area contributed by atoms with E-state index in [1.165, 1.54) is 12.4 Å². The molecule has 9 heteroatoms. The molecule has 1 saturated heterocycles. The number of fused-ring (bicyclic) bond motifs is 1. The number of benzene rings is 2. The molecule has 0 unspecified atom stereocenters. The van der Waals surface area contributed by atoms with Gasteiger partial charge in [-0.3, -0.25) is 9.59 Å². The molecule has 0 aliphatic carbocycles. The van der Waals surface area contributed by atoms with Crippen molar-refractivity contribution in [3.05, 3.63) is 84.7 Å². The maximum atomic E-state index is 12.3. The number of nitrogen functional groups attached to an aromatic ring is 1. The zero-order valence-corrected chi connectivity index (χ0v) is 19.8. The fourth-order valence-electron chi connectivity index (χ4n) is 4.59. The Balaban J connectivity index is 1.40. The van der Waals surface area contributed by atoms with Crippen molar-refractivity contribution in [2.45, 2.75) is 25.4 Å². The summed E-state index contributed by atoms with van der Waals surface area (Å²) in [5.41, 5.74) is 10.1. The topological polar surface area (TPSA) is 119 Å². The number of hydrogen-bond donors (Lipinski definition) is 2. The zero-order chi connectivity index (χ0) is 25.1. The van der Waals surface area contributed by atoms with Crippen LogP contribution in [0.25, 0.3) is 22.3 Å². The molecule has 5 rings (SSSR count). The predicted octanol–water partition coefficient (Wildman–Crippen LogP) is 3.36. The van der Waals surface area contributed by atoms with Gasteiger partial charge in [0.05, 0.1) is 11.4 Å². The van der Waals surface area contributed by atoms with Gasteiger partial charge in [0.1, 0.15) is 17.8 Å². The third kappa shape index (κ3) is 4.55. The van der Waals surface area contributed by atoms with Crippen LogP contribution in [0.4, 0.5) is 5.82 Å². The van der Waals surface area contributed by atoms with E-state index in [2.05, 4.69) is 21.9 Å². The molecule has 2 aromatic heterocycles. The number of nitrogens with one attached hydrogen (secondary N) is 1. The summed E-state index contributed by atoms with van der Waals surface area (Å²) < 4.78 is 1.87. The normalized spacial score (nSPS) is 15.6. The number of anilines is 1. The van der Waals surface area contributed by atoms with Gasteiger partial charge >= 0.3 is 0 Å². The molecule has 2 aromatic carbocycles. The van der Waals surface area contributed by atoms with Crippen molar-refractivity contribution >= 4 is 28.7 Å². The second-order valence-corrected chi connectivity index (χ2v) is 8.78. The maximum absolute atomic E-state index is 12.3. The van der Waals surface area contributed by atoms with Gasteiger partial charge in [0.2, 0.25) is 5.91 Å². The Morgan fingerprint density at radius 1 is 1.11 bits per heavy atom. The Morgan fingerprint density at radius 3 is 2.64 bits per heavy atom. The average molecular weight is 482 g/mol. The van der Waals surface area contributed by atoms with Crippen LogP contribution in [-0.2, 0) is 11.3 Å². The smallest absolute Gasteiger partial charge is 0.251 e. The number of nitrogens with zero attached hydrogens (tertiary/aromatic N) is 5. The molecule has 36 heavy (non-hydrogen) atoms. The van der Waals surface area contributed by atoms with Crippen molar-refractivity contribution in [3.8, 4) is 11.3 Å². The van der Waals surface area contributed by atoms with Gasteiger partial charge in [0.25, 0.3) is 5.91 Å². The first-order chi connectivity index (χ1) is 17.5. The summed E-state index contributed by atoms with van der Waals surface area (Å²) in [7, 11) is 0. The van der Waals surface area contributed by atoms with E-state index < -0.39 is 0 Å². The second kappa shape index (κ2) is 9.99. The first-order valence-corrected chi connectivity index (χ1v) is 11.9. The lowest BCUT2D eigenvalue weighted by molar-refractivity contribution is -0.127. The highest BCUT2D eigenvalue weighted by Gasteiger charge is 2.28. The number of hydrogen-bond acceptors (Lipinski definition) is 6. The molecule has 0 radical (unpaired) electrons. The summed E-state index contributed by atoms with van der Waals surface area (Å²) in [5, 5.41) is 8.54. The summed E-state index contributed by atoms with van der Waals surface area (Å²) in [4.78, 5) is 35.0. The number of piperidine rings is 1. The molecular formula is C27H27N7O2. The molecule has 4 aromatic rings. The Labute approximate surface area is 208 Å². The number of aromatic nitrogens is 4. The summed E-state index contributed by atoms with van der Waals surface area (Å²) in [6.07, 6.45) is 4.53. The molecule has 9 nitrogen and oxygen atoms in total. The molecule has 3 heterocycles. The lowest BCUT2D eigenvalue weighted by Gasteiger charge is -2.32. The first-order valence-electron chi connectivity index (χ1n) is 11.9. The number of rotatable bonds is 6. The third-order valence-corrected chi connectivity index (χ3v) is 6.46. The van der Waals surface area contributed by atoms with Gasteiger partial charge in [0.15, 0.2) is 5.65 Å². The van der Waals surface area contributed by atoms with Gasteiger partial charge in [-0.25, -0.2) is 14.6 Å². The van der Waals surface area contributed by atoms with Crippen LogP contribution in [0.2, 0.25) is 0 Å². The van der Waals surface area contributed by atoms with Crippen LogP contribution in [0.1, 0.15) is 34.8 Å². The highest BCUT2D eigenvalue weighted by molar-refractivity contribution is 5.98. The number of likely N-dealkylation sites (tertiary alicyclic amines) is 1. The van der Waals surface area contributed by atoms with E-state index in [9.17, 15) is 9.59 Å². The van der Waals surface area contributed by atoms with Crippen molar-refractivity contribution in [1.29, 1.82) is 0 Å². The van der Waals surface area contributed by atoms with E-state index in [4.69, 9.17) is 10.8 Å². The average Bonchev–Trinajstić information content (AvgIpc) is 3.33. The molecule has 0 bridgehead atoms. The molecule has 1 aliphatic rings. The lowest BCUT2D eigenvalue weighted by atomic mass is 10.1. The molecule has 2 amide bonds. The summed E-state index contributed by atoms with van der Waals surface area (Å²) in [6.45, 7) is 5.25. The Bertz CT molecular complexity index is 1410. The van der Waals surface area contributed by atoms with Gasteiger partial charge < -0.3 is 16.0 Å². The number of amides is 2. The molecule has 0 saturated carbocycles. The fraction of sp³-hybridized carbons (Fsp3) is 0.222. The molecular weight excluding hydrogens is 454 g/mol. The van der Waals surface area contributed by atoms with Crippen molar-refractivity contribution in [1.82, 2.24) is 30.0 Å². The van der Waals surface area contributed by atoms with Crippen molar-refractivity contribution in [3.63, 3.8) is 0 Å². The van der Waals surface area contributed by atoms with Crippen LogP contribution in [0.15, 0.2) is 73.6 Å². The van der Waals surface area contributed by atoms with E-state index in [0.717, 1.165) is 24.0 Å². The Hall–Kier alpha value is -4.53. The lowest BCUT2D eigenvalue weighted by Crippen LogP contribution is -2.40. The van der Waals surface area contributed by atoms with Crippen LogP contribution in [0, 0.1) is 0 Å². The Kier molecular flexibility index (Phi) is 6.44. The van der Waals surface area contributed by atoms with Crippen LogP contribution < -0.4 is 11.1 Å². The van der Waals surface area contributed by atoms with Crippen LogP contribution in [0.5, 0.6) is 0 Å². The van der Waals surface area contributed by atoms with E-state index in [0.29, 0.717) is 47.7 Å². The quantitative estimate of drug-likeness (QED) is 0.408. The van der Waals surface area contributed by atoms with Crippen molar-refractivity contribution < 1.29 is 9.59 Å². The zero-order valence-electron chi connectivity index (χ0n) is 19.8. The van der Waals surface area contributed by atoms with Crippen LogP contribution in [-0.4, -0.2) is 49.6 Å². The molecule has 1 aliphatic heterocycles. The first kappa shape index (κ1) is 23.2. The number of carbonyl (C=O) groups is 2. The minimum absolute atomic E-state index is 0.0272. The minimum atomic E-state index is -0.120. The predicted molar refractivity (Wildman–Crippen MR) is 138 cm³/mol. The van der Waals surface area contributed by atoms with Gasteiger partial charge in [0, 0.05) is 30.8 Å². The van der Waals surface area contributed by atoms with Gasteiger partial charge in [-0.15, -0.1) is 0 Å². The molecule has 0 spiro atoms. The van der Waals surface area contributed by atoms with Gasteiger partial charge in [-0.1, -0.05) is 49.0 Å².